The summed E-state index contributed by atoms with van der Waals surface area (Å²) in [4.78, 5) is 19.9. The normalized spacial score (nSPS) is 18.6. The molecule has 84 valence electrons. The molecule has 0 saturated heterocycles. The molecule has 0 aliphatic carbocycles. The third-order valence-corrected chi connectivity index (χ3v) is 3.44. The number of Topliss-reactive ketones (excluding diaryl/α,β-unsaturated/α-hetero) is 1. The van der Waals surface area contributed by atoms with E-state index in [4.69, 9.17) is 4.89 Å². The van der Waals surface area contributed by atoms with E-state index in [0.29, 0.717) is 6.26 Å². The van der Waals surface area contributed by atoms with Gasteiger partial charge < -0.3 is 9.42 Å². The van der Waals surface area contributed by atoms with Crippen molar-refractivity contribution in [1.82, 2.24) is 0 Å². The monoisotopic (exact) mass is 246 g/mol. The van der Waals surface area contributed by atoms with Gasteiger partial charge in [0.25, 0.3) is 10.1 Å². The Labute approximate surface area is 81.7 Å². The van der Waals surface area contributed by atoms with Crippen LogP contribution in [0.1, 0.15) is 6.92 Å². The summed E-state index contributed by atoms with van der Waals surface area (Å²) in [7, 11) is -7.50. The summed E-state index contributed by atoms with van der Waals surface area (Å²) in [6.45, 7) is 0.928. The van der Waals surface area contributed by atoms with Gasteiger partial charge in [-0.05, 0) is 6.92 Å². The highest BCUT2D eigenvalue weighted by Crippen LogP contribution is 2.47. The molecule has 0 aromatic rings. The van der Waals surface area contributed by atoms with Crippen molar-refractivity contribution in [2.45, 2.75) is 12.8 Å². The molecule has 0 rings (SSSR count). The van der Waals surface area contributed by atoms with Crippen molar-refractivity contribution in [3.05, 3.63) is 0 Å². The first kappa shape index (κ1) is 13.7. The predicted octanol–water partition coefficient (Wildman–Crippen LogP) is -0.291. The number of hydrogen-bond donors (Lipinski definition) is 1. The number of carbonyl (C=O) groups excluding carboxylic acids is 1. The molecule has 2 atom stereocenters. The second kappa shape index (κ2) is 4.50. The third kappa shape index (κ3) is 4.30. The molecule has 0 aromatic heterocycles. The number of ketones is 1. The second-order valence-electron chi connectivity index (χ2n) is 2.51. The molecule has 0 aliphatic heterocycles. The zero-order valence-corrected chi connectivity index (χ0v) is 9.54. The molecule has 0 heterocycles. The summed E-state index contributed by atoms with van der Waals surface area (Å²) in [5, 5.41) is 0. The van der Waals surface area contributed by atoms with Crippen LogP contribution in [0.15, 0.2) is 0 Å². The van der Waals surface area contributed by atoms with Gasteiger partial charge in [0.1, 0.15) is 0 Å². The van der Waals surface area contributed by atoms with Crippen molar-refractivity contribution in [2.75, 3.05) is 13.4 Å². The van der Waals surface area contributed by atoms with Crippen molar-refractivity contribution in [2.24, 2.45) is 0 Å². The van der Waals surface area contributed by atoms with Gasteiger partial charge in [0, 0.05) is 7.11 Å². The number of carbonyl (C=O) groups is 1. The Hall–Kier alpha value is -0.270. The summed E-state index contributed by atoms with van der Waals surface area (Å²) < 4.78 is 40.7. The SMILES string of the molecule is COP(=O)(O)C(OS(C)(=O)=O)C(C)=O. The molecular weight excluding hydrogens is 235 g/mol. The first-order chi connectivity index (χ1) is 6.10. The molecule has 0 bridgehead atoms. The second-order valence-corrected chi connectivity index (χ2v) is 6.07. The molecule has 14 heavy (non-hydrogen) atoms. The van der Waals surface area contributed by atoms with Crippen LogP contribution in [0.4, 0.5) is 0 Å². The Balaban J connectivity index is 5.00. The topological polar surface area (TPSA) is 107 Å². The molecule has 0 amide bonds. The Morgan fingerprint density at radius 2 is 1.93 bits per heavy atom. The molecule has 0 radical (unpaired) electrons. The molecular formula is C5H11O7PS. The largest absolute Gasteiger partial charge is 0.365 e. The standard InChI is InChI=1S/C5H11O7PS/c1-4(6)5(12-14(3,9)10)13(7,8)11-2/h5H,1-3H3,(H,7,8). The van der Waals surface area contributed by atoms with Crippen LogP contribution in [0.25, 0.3) is 0 Å². The van der Waals surface area contributed by atoms with Gasteiger partial charge in [-0.25, -0.2) is 4.18 Å². The van der Waals surface area contributed by atoms with Crippen LogP contribution in [0.3, 0.4) is 0 Å². The number of hydrogen-bond acceptors (Lipinski definition) is 6. The zero-order valence-electron chi connectivity index (χ0n) is 7.83. The van der Waals surface area contributed by atoms with Crippen molar-refractivity contribution in [3.8, 4) is 0 Å². The first-order valence-corrected chi connectivity index (χ1v) is 6.83. The highest BCUT2D eigenvalue weighted by Gasteiger charge is 2.39. The Morgan fingerprint density at radius 1 is 1.50 bits per heavy atom. The van der Waals surface area contributed by atoms with E-state index in [1.165, 1.54) is 0 Å². The van der Waals surface area contributed by atoms with E-state index < -0.39 is 29.3 Å². The van der Waals surface area contributed by atoms with E-state index in [-0.39, 0.29) is 0 Å². The van der Waals surface area contributed by atoms with Crippen molar-refractivity contribution >= 4 is 23.5 Å². The minimum atomic E-state index is -4.39. The van der Waals surface area contributed by atoms with Crippen molar-refractivity contribution in [3.63, 3.8) is 0 Å². The van der Waals surface area contributed by atoms with Crippen LogP contribution in [0.5, 0.6) is 0 Å². The van der Waals surface area contributed by atoms with E-state index in [0.717, 1.165) is 14.0 Å². The molecule has 0 aliphatic rings. The third-order valence-electron chi connectivity index (χ3n) is 1.17. The van der Waals surface area contributed by atoms with E-state index in [9.17, 15) is 17.8 Å². The van der Waals surface area contributed by atoms with Gasteiger partial charge in [-0.1, -0.05) is 0 Å². The molecule has 0 fully saturated rings. The quantitative estimate of drug-likeness (QED) is 0.524. The Bertz CT molecular complexity index is 358. The minimum Gasteiger partial charge on any atom is -0.322 e. The van der Waals surface area contributed by atoms with Gasteiger partial charge in [-0.15, -0.1) is 0 Å². The molecule has 1 N–H and O–H groups in total. The average Bonchev–Trinajstić information content (AvgIpc) is 1.98. The van der Waals surface area contributed by atoms with Gasteiger partial charge in [-0.3, -0.25) is 9.36 Å². The van der Waals surface area contributed by atoms with Crippen LogP contribution < -0.4 is 0 Å². The van der Waals surface area contributed by atoms with Crippen LogP contribution in [-0.2, 0) is 28.2 Å². The van der Waals surface area contributed by atoms with Gasteiger partial charge in [0.2, 0.25) is 5.85 Å². The summed E-state index contributed by atoms with van der Waals surface area (Å²) in [5.41, 5.74) is 0. The molecule has 7 nitrogen and oxygen atoms in total. The molecule has 2 unspecified atom stereocenters. The van der Waals surface area contributed by atoms with E-state index in [1.54, 1.807) is 0 Å². The molecule has 0 spiro atoms. The summed E-state index contributed by atoms with van der Waals surface area (Å²) in [5.74, 6) is -2.90. The molecule has 0 aromatic carbocycles. The highest BCUT2D eigenvalue weighted by molar-refractivity contribution is 7.86. The maximum atomic E-state index is 11.1. The fraction of sp³-hybridized carbons (Fsp3) is 0.800. The average molecular weight is 246 g/mol. The van der Waals surface area contributed by atoms with Gasteiger partial charge in [-0.2, -0.15) is 8.42 Å². The van der Waals surface area contributed by atoms with Crippen molar-refractivity contribution in [1.29, 1.82) is 0 Å². The highest BCUT2D eigenvalue weighted by atomic mass is 32.2. The van der Waals surface area contributed by atoms with Crippen LogP contribution >= 0.6 is 7.60 Å². The summed E-state index contributed by atoms with van der Waals surface area (Å²) >= 11 is 0. The van der Waals surface area contributed by atoms with E-state index >= 15 is 0 Å². The minimum absolute atomic E-state index is 0.665. The predicted molar refractivity (Wildman–Crippen MR) is 47.2 cm³/mol. The lowest BCUT2D eigenvalue weighted by atomic mass is 10.5. The maximum Gasteiger partial charge on any atom is 0.365 e. The lowest BCUT2D eigenvalue weighted by Gasteiger charge is -2.17. The van der Waals surface area contributed by atoms with E-state index in [1.807, 2.05) is 0 Å². The lowest BCUT2D eigenvalue weighted by molar-refractivity contribution is -0.121. The molecule has 9 heteroatoms. The summed E-state index contributed by atoms with van der Waals surface area (Å²) in [6, 6.07) is 0. The Kier molecular flexibility index (Phi) is 4.41. The van der Waals surface area contributed by atoms with Gasteiger partial charge in [0.05, 0.1) is 6.26 Å². The van der Waals surface area contributed by atoms with Crippen molar-refractivity contribution < 1.29 is 31.4 Å². The van der Waals surface area contributed by atoms with Crippen LogP contribution in [0.2, 0.25) is 0 Å². The van der Waals surface area contributed by atoms with Gasteiger partial charge >= 0.3 is 7.60 Å². The van der Waals surface area contributed by atoms with Crippen LogP contribution in [0, 0.1) is 0 Å². The summed E-state index contributed by atoms with van der Waals surface area (Å²) in [6.07, 6.45) is 0.665. The van der Waals surface area contributed by atoms with Crippen LogP contribution in [-0.4, -0.2) is 38.3 Å². The fourth-order valence-electron chi connectivity index (χ4n) is 0.613. The van der Waals surface area contributed by atoms with Gasteiger partial charge in [0.15, 0.2) is 5.78 Å². The fourth-order valence-corrected chi connectivity index (χ4v) is 2.63. The lowest BCUT2D eigenvalue weighted by Crippen LogP contribution is -2.25. The molecule has 0 saturated carbocycles. The smallest absolute Gasteiger partial charge is 0.322 e. The Morgan fingerprint density at radius 3 is 2.14 bits per heavy atom. The first-order valence-electron chi connectivity index (χ1n) is 3.37. The number of rotatable bonds is 5. The zero-order chi connectivity index (χ0) is 11.6. The van der Waals surface area contributed by atoms with E-state index in [2.05, 4.69) is 8.71 Å². The maximum absolute atomic E-state index is 11.1.